The Labute approximate surface area is 195 Å². The van der Waals surface area contributed by atoms with Crippen LogP contribution in [0.2, 0.25) is 0 Å². The van der Waals surface area contributed by atoms with E-state index in [-0.39, 0.29) is 11.8 Å². The van der Waals surface area contributed by atoms with E-state index in [0.717, 1.165) is 28.7 Å². The van der Waals surface area contributed by atoms with Gasteiger partial charge in [-0.05, 0) is 57.4 Å². The number of halogens is 1. The highest BCUT2D eigenvalue weighted by atomic mass is 79.9. The Morgan fingerprint density at radius 1 is 0.875 bits per heavy atom. The smallest absolute Gasteiger partial charge is 0.255 e. The Bertz CT molecular complexity index is 1080. The molecule has 6 nitrogen and oxygen atoms in total. The molecule has 3 aromatic carbocycles. The van der Waals surface area contributed by atoms with E-state index in [1.807, 2.05) is 54.6 Å². The minimum absolute atomic E-state index is 0.104. The van der Waals surface area contributed by atoms with E-state index in [9.17, 15) is 9.59 Å². The lowest BCUT2D eigenvalue weighted by Crippen LogP contribution is -2.41. The summed E-state index contributed by atoms with van der Waals surface area (Å²) in [6.07, 6.45) is 0. The van der Waals surface area contributed by atoms with Crippen molar-refractivity contribution < 1.29 is 14.3 Å². The molecule has 32 heavy (non-hydrogen) atoms. The highest BCUT2D eigenvalue weighted by molar-refractivity contribution is 9.10. The number of carbonyl (C=O) groups is 2. The lowest BCUT2D eigenvalue weighted by molar-refractivity contribution is -0.118. The van der Waals surface area contributed by atoms with Gasteiger partial charge in [0.15, 0.2) is 0 Å². The SMILES string of the molecule is O=C(CN1CCOCC1)Nc1cc(NC(=O)c2ccc(-c3ccccc3)cc2)ccc1Br. The number of nitrogens with one attached hydrogen (secondary N) is 2. The Morgan fingerprint density at radius 3 is 2.28 bits per heavy atom. The third-order valence-corrected chi connectivity index (χ3v) is 5.91. The van der Waals surface area contributed by atoms with E-state index in [0.29, 0.717) is 36.7 Å². The summed E-state index contributed by atoms with van der Waals surface area (Å²) in [6.45, 7) is 3.08. The Hall–Kier alpha value is -3.00. The largest absolute Gasteiger partial charge is 0.379 e. The number of morpholine rings is 1. The number of benzene rings is 3. The van der Waals surface area contributed by atoms with Crippen LogP contribution in [0, 0.1) is 0 Å². The van der Waals surface area contributed by atoms with Crippen LogP contribution in [0.15, 0.2) is 77.3 Å². The number of carbonyl (C=O) groups excluding carboxylic acids is 2. The fourth-order valence-corrected chi connectivity index (χ4v) is 3.84. The van der Waals surface area contributed by atoms with Gasteiger partial charge in [0.1, 0.15) is 0 Å². The first-order valence-electron chi connectivity index (χ1n) is 10.4. The number of hydrogen-bond acceptors (Lipinski definition) is 4. The molecule has 0 unspecified atom stereocenters. The lowest BCUT2D eigenvalue weighted by atomic mass is 10.0. The van der Waals surface area contributed by atoms with Gasteiger partial charge in [0.05, 0.1) is 25.4 Å². The summed E-state index contributed by atoms with van der Waals surface area (Å²) >= 11 is 3.46. The van der Waals surface area contributed by atoms with Gasteiger partial charge in [-0.2, -0.15) is 0 Å². The summed E-state index contributed by atoms with van der Waals surface area (Å²) in [4.78, 5) is 27.2. The molecule has 1 fully saturated rings. The van der Waals surface area contributed by atoms with E-state index < -0.39 is 0 Å². The summed E-state index contributed by atoms with van der Waals surface area (Å²) in [5.41, 5.74) is 3.93. The maximum absolute atomic E-state index is 12.7. The first kappa shape index (κ1) is 22.2. The highest BCUT2D eigenvalue weighted by Crippen LogP contribution is 2.27. The van der Waals surface area contributed by atoms with Gasteiger partial charge in [-0.15, -0.1) is 0 Å². The van der Waals surface area contributed by atoms with Crippen LogP contribution < -0.4 is 10.6 Å². The van der Waals surface area contributed by atoms with Crippen molar-refractivity contribution in [3.63, 3.8) is 0 Å². The van der Waals surface area contributed by atoms with Crippen molar-refractivity contribution in [2.24, 2.45) is 0 Å². The molecule has 0 spiro atoms. The molecule has 0 atom stereocenters. The van der Waals surface area contributed by atoms with E-state index in [2.05, 4.69) is 31.5 Å². The summed E-state index contributed by atoms with van der Waals surface area (Å²) in [5.74, 6) is -0.315. The van der Waals surface area contributed by atoms with Crippen molar-refractivity contribution in [1.29, 1.82) is 0 Å². The molecule has 0 bridgehead atoms. The van der Waals surface area contributed by atoms with Crippen molar-refractivity contribution in [2.45, 2.75) is 0 Å². The second kappa shape index (κ2) is 10.5. The van der Waals surface area contributed by atoms with Crippen LogP contribution in [0.4, 0.5) is 11.4 Å². The van der Waals surface area contributed by atoms with Crippen molar-refractivity contribution in [2.75, 3.05) is 43.5 Å². The van der Waals surface area contributed by atoms with Crippen LogP contribution in [-0.4, -0.2) is 49.6 Å². The quantitative estimate of drug-likeness (QED) is 0.524. The van der Waals surface area contributed by atoms with E-state index in [4.69, 9.17) is 4.74 Å². The second-order valence-electron chi connectivity index (χ2n) is 7.53. The molecule has 3 aromatic rings. The van der Waals surface area contributed by atoms with Gasteiger partial charge in [-0.1, -0.05) is 42.5 Å². The zero-order chi connectivity index (χ0) is 22.3. The van der Waals surface area contributed by atoms with E-state index >= 15 is 0 Å². The number of rotatable bonds is 6. The average Bonchev–Trinajstić information content (AvgIpc) is 2.82. The van der Waals surface area contributed by atoms with Crippen LogP contribution in [0.5, 0.6) is 0 Å². The van der Waals surface area contributed by atoms with Crippen LogP contribution in [0.3, 0.4) is 0 Å². The standard InChI is InChI=1S/C25H24BrN3O3/c26-22-11-10-21(16-23(22)28-24(30)17-29-12-14-32-15-13-29)27-25(31)20-8-6-19(7-9-20)18-4-2-1-3-5-18/h1-11,16H,12-15,17H2,(H,27,31)(H,28,30). The fourth-order valence-electron chi connectivity index (χ4n) is 3.50. The molecule has 1 aliphatic rings. The van der Waals surface area contributed by atoms with Crippen molar-refractivity contribution in [3.05, 3.63) is 82.8 Å². The summed E-state index contributed by atoms with van der Waals surface area (Å²) in [7, 11) is 0. The first-order valence-corrected chi connectivity index (χ1v) is 11.2. The van der Waals surface area contributed by atoms with Gasteiger partial charge in [-0.3, -0.25) is 14.5 Å². The lowest BCUT2D eigenvalue weighted by Gasteiger charge is -2.25. The number of nitrogens with zero attached hydrogens (tertiary/aromatic N) is 1. The predicted octanol–water partition coefficient (Wildman–Crippen LogP) is 4.64. The molecule has 164 valence electrons. The Morgan fingerprint density at radius 2 is 1.56 bits per heavy atom. The molecule has 0 saturated carbocycles. The molecule has 1 aliphatic heterocycles. The summed E-state index contributed by atoms with van der Waals surface area (Å²) in [6, 6.07) is 22.8. The molecule has 2 amide bonds. The molecule has 2 N–H and O–H groups in total. The Kier molecular flexibility index (Phi) is 7.32. The zero-order valence-electron chi connectivity index (χ0n) is 17.5. The van der Waals surface area contributed by atoms with Gasteiger partial charge < -0.3 is 15.4 Å². The molecular formula is C25H24BrN3O3. The molecule has 4 rings (SSSR count). The van der Waals surface area contributed by atoms with Crippen molar-refractivity contribution in [3.8, 4) is 11.1 Å². The first-order chi connectivity index (χ1) is 15.6. The second-order valence-corrected chi connectivity index (χ2v) is 8.38. The van der Waals surface area contributed by atoms with Crippen LogP contribution >= 0.6 is 15.9 Å². The number of ether oxygens (including phenoxy) is 1. The molecule has 1 heterocycles. The number of amides is 2. The van der Waals surface area contributed by atoms with E-state index in [1.54, 1.807) is 18.2 Å². The molecule has 0 aliphatic carbocycles. The van der Waals surface area contributed by atoms with Crippen LogP contribution in [0.1, 0.15) is 10.4 Å². The summed E-state index contributed by atoms with van der Waals surface area (Å²) < 4.78 is 6.06. The topological polar surface area (TPSA) is 70.7 Å². The van der Waals surface area contributed by atoms with Gasteiger partial charge >= 0.3 is 0 Å². The van der Waals surface area contributed by atoms with Gasteiger partial charge in [0.25, 0.3) is 5.91 Å². The zero-order valence-corrected chi connectivity index (χ0v) is 19.1. The molecule has 0 radical (unpaired) electrons. The van der Waals surface area contributed by atoms with Crippen LogP contribution in [-0.2, 0) is 9.53 Å². The Balaban J connectivity index is 1.39. The maximum Gasteiger partial charge on any atom is 0.255 e. The molecule has 0 aromatic heterocycles. The van der Waals surface area contributed by atoms with Gasteiger partial charge in [0, 0.05) is 28.8 Å². The molecular weight excluding hydrogens is 470 g/mol. The van der Waals surface area contributed by atoms with Crippen LogP contribution in [0.25, 0.3) is 11.1 Å². The number of anilines is 2. The fraction of sp³-hybridized carbons (Fsp3) is 0.200. The normalized spacial score (nSPS) is 14.0. The third-order valence-electron chi connectivity index (χ3n) is 5.22. The van der Waals surface area contributed by atoms with Gasteiger partial charge in [0.2, 0.25) is 5.91 Å². The number of hydrogen-bond donors (Lipinski definition) is 2. The van der Waals surface area contributed by atoms with Crippen molar-refractivity contribution in [1.82, 2.24) is 4.90 Å². The minimum atomic E-state index is -0.211. The van der Waals surface area contributed by atoms with Crippen molar-refractivity contribution >= 4 is 39.1 Å². The van der Waals surface area contributed by atoms with Gasteiger partial charge in [-0.25, -0.2) is 0 Å². The third kappa shape index (κ3) is 5.82. The van der Waals surface area contributed by atoms with E-state index in [1.165, 1.54) is 0 Å². The molecule has 7 heteroatoms. The minimum Gasteiger partial charge on any atom is -0.379 e. The predicted molar refractivity (Wildman–Crippen MR) is 130 cm³/mol. The summed E-state index contributed by atoms with van der Waals surface area (Å²) in [5, 5.41) is 5.82. The highest BCUT2D eigenvalue weighted by Gasteiger charge is 2.15. The monoisotopic (exact) mass is 493 g/mol. The maximum atomic E-state index is 12.7. The molecule has 1 saturated heterocycles. The average molecular weight is 494 g/mol.